The standard InChI is InChI=1S/C14H18N2O2/c15-9-8-13(17)12-6-3-7-14(16-12)18-10-11-4-1-2-5-11/h3,6-7,11,13,17H,1-2,4-5,8,10H2. The molecular formula is C14H18N2O2. The molecule has 0 saturated heterocycles. The van der Waals surface area contributed by atoms with Crippen molar-refractivity contribution in [2.24, 2.45) is 5.92 Å². The zero-order chi connectivity index (χ0) is 12.8. The molecule has 1 fully saturated rings. The fourth-order valence-electron chi connectivity index (χ4n) is 2.27. The summed E-state index contributed by atoms with van der Waals surface area (Å²) in [5.74, 6) is 1.18. The van der Waals surface area contributed by atoms with Gasteiger partial charge in [0, 0.05) is 6.07 Å². The van der Waals surface area contributed by atoms with E-state index < -0.39 is 6.10 Å². The number of pyridine rings is 1. The van der Waals surface area contributed by atoms with Gasteiger partial charge in [-0.3, -0.25) is 0 Å². The number of nitriles is 1. The summed E-state index contributed by atoms with van der Waals surface area (Å²) in [4.78, 5) is 4.23. The maximum Gasteiger partial charge on any atom is 0.213 e. The molecule has 0 radical (unpaired) electrons. The lowest BCUT2D eigenvalue weighted by Crippen LogP contribution is -2.10. The number of hydrogen-bond acceptors (Lipinski definition) is 4. The van der Waals surface area contributed by atoms with Gasteiger partial charge in [-0.25, -0.2) is 4.98 Å². The van der Waals surface area contributed by atoms with Gasteiger partial charge in [0.25, 0.3) is 0 Å². The molecule has 1 aliphatic rings. The van der Waals surface area contributed by atoms with Crippen molar-refractivity contribution >= 4 is 0 Å². The maximum absolute atomic E-state index is 9.68. The van der Waals surface area contributed by atoms with E-state index in [0.29, 0.717) is 24.1 Å². The second kappa shape index (κ2) is 6.36. The Balaban J connectivity index is 1.92. The zero-order valence-corrected chi connectivity index (χ0v) is 10.4. The van der Waals surface area contributed by atoms with Gasteiger partial charge in [0.05, 0.1) is 24.8 Å². The summed E-state index contributed by atoms with van der Waals surface area (Å²) >= 11 is 0. The molecule has 1 N–H and O–H groups in total. The van der Waals surface area contributed by atoms with E-state index in [2.05, 4.69) is 4.98 Å². The molecule has 0 aromatic carbocycles. The van der Waals surface area contributed by atoms with Crippen molar-refractivity contribution in [2.75, 3.05) is 6.61 Å². The average molecular weight is 246 g/mol. The highest BCUT2D eigenvalue weighted by Gasteiger charge is 2.16. The van der Waals surface area contributed by atoms with Crippen LogP contribution in [0, 0.1) is 17.2 Å². The van der Waals surface area contributed by atoms with Crippen LogP contribution in [0.25, 0.3) is 0 Å². The third-order valence-electron chi connectivity index (χ3n) is 3.31. The van der Waals surface area contributed by atoms with Gasteiger partial charge in [-0.2, -0.15) is 5.26 Å². The number of rotatable bonds is 5. The Bertz CT molecular complexity index is 422. The van der Waals surface area contributed by atoms with Crippen LogP contribution in [0.15, 0.2) is 18.2 Å². The lowest BCUT2D eigenvalue weighted by atomic mass is 10.1. The molecule has 1 atom stereocenters. The molecule has 0 spiro atoms. The molecule has 1 heterocycles. The molecular weight excluding hydrogens is 228 g/mol. The second-order valence-electron chi connectivity index (χ2n) is 4.74. The van der Waals surface area contributed by atoms with Crippen LogP contribution >= 0.6 is 0 Å². The Labute approximate surface area is 107 Å². The number of aromatic nitrogens is 1. The lowest BCUT2D eigenvalue weighted by molar-refractivity contribution is 0.175. The average Bonchev–Trinajstić information content (AvgIpc) is 2.90. The minimum Gasteiger partial charge on any atom is -0.477 e. The van der Waals surface area contributed by atoms with Crippen LogP contribution in [0.4, 0.5) is 0 Å². The maximum atomic E-state index is 9.68. The smallest absolute Gasteiger partial charge is 0.213 e. The van der Waals surface area contributed by atoms with Gasteiger partial charge in [0.15, 0.2) is 0 Å². The van der Waals surface area contributed by atoms with Crippen molar-refractivity contribution in [1.29, 1.82) is 5.26 Å². The fourth-order valence-corrected chi connectivity index (χ4v) is 2.27. The SMILES string of the molecule is N#CCC(O)c1cccc(OCC2CCCC2)n1. The van der Waals surface area contributed by atoms with Crippen molar-refractivity contribution < 1.29 is 9.84 Å². The van der Waals surface area contributed by atoms with Gasteiger partial charge in [-0.05, 0) is 24.8 Å². The van der Waals surface area contributed by atoms with Crippen molar-refractivity contribution in [3.05, 3.63) is 23.9 Å². The van der Waals surface area contributed by atoms with E-state index in [1.54, 1.807) is 18.2 Å². The Hall–Kier alpha value is -1.60. The van der Waals surface area contributed by atoms with Crippen LogP contribution in [0.3, 0.4) is 0 Å². The van der Waals surface area contributed by atoms with Gasteiger partial charge >= 0.3 is 0 Å². The van der Waals surface area contributed by atoms with Crippen molar-refractivity contribution in [3.63, 3.8) is 0 Å². The first-order valence-corrected chi connectivity index (χ1v) is 6.44. The second-order valence-corrected chi connectivity index (χ2v) is 4.74. The molecule has 1 aliphatic carbocycles. The summed E-state index contributed by atoms with van der Waals surface area (Å²) in [6.45, 7) is 0.699. The van der Waals surface area contributed by atoms with E-state index in [-0.39, 0.29) is 6.42 Å². The molecule has 1 unspecified atom stereocenters. The third kappa shape index (κ3) is 3.44. The summed E-state index contributed by atoms with van der Waals surface area (Å²) in [5.41, 5.74) is 0.500. The molecule has 1 aromatic rings. The Kier molecular flexibility index (Phi) is 4.54. The highest BCUT2D eigenvalue weighted by molar-refractivity contribution is 5.18. The summed E-state index contributed by atoms with van der Waals surface area (Å²) < 4.78 is 5.65. The van der Waals surface area contributed by atoms with Gasteiger partial charge < -0.3 is 9.84 Å². The summed E-state index contributed by atoms with van der Waals surface area (Å²) in [5, 5.41) is 18.2. The lowest BCUT2D eigenvalue weighted by Gasteiger charge is -2.12. The first-order valence-electron chi connectivity index (χ1n) is 6.44. The van der Waals surface area contributed by atoms with Gasteiger partial charge in [-0.15, -0.1) is 0 Å². The van der Waals surface area contributed by atoms with Crippen LogP contribution in [0.5, 0.6) is 5.88 Å². The summed E-state index contributed by atoms with van der Waals surface area (Å²) in [6.07, 6.45) is 4.28. The van der Waals surface area contributed by atoms with Crippen molar-refractivity contribution in [3.8, 4) is 11.9 Å². The van der Waals surface area contributed by atoms with Crippen molar-refractivity contribution in [1.82, 2.24) is 4.98 Å². The highest BCUT2D eigenvalue weighted by Crippen LogP contribution is 2.25. The normalized spacial score (nSPS) is 17.3. The predicted octanol–water partition coefficient (Wildman–Crippen LogP) is 2.60. The molecule has 1 saturated carbocycles. The van der Waals surface area contributed by atoms with E-state index in [1.165, 1.54) is 25.7 Å². The van der Waals surface area contributed by atoms with Crippen molar-refractivity contribution in [2.45, 2.75) is 38.2 Å². The molecule has 1 aromatic heterocycles. The Morgan fingerprint density at radius 2 is 2.22 bits per heavy atom. The van der Waals surface area contributed by atoms with Crippen LogP contribution in [0.2, 0.25) is 0 Å². The molecule has 2 rings (SSSR count). The third-order valence-corrected chi connectivity index (χ3v) is 3.31. The number of aliphatic hydroxyl groups is 1. The van der Waals surface area contributed by atoms with Gasteiger partial charge in [0.2, 0.25) is 5.88 Å². The molecule has 0 amide bonds. The minimum atomic E-state index is -0.829. The number of ether oxygens (including phenoxy) is 1. The van der Waals surface area contributed by atoms with E-state index in [4.69, 9.17) is 10.00 Å². The monoisotopic (exact) mass is 246 g/mol. The highest BCUT2D eigenvalue weighted by atomic mass is 16.5. The van der Waals surface area contributed by atoms with Crippen LogP contribution in [-0.2, 0) is 0 Å². The first kappa shape index (κ1) is 12.8. The Morgan fingerprint density at radius 3 is 2.94 bits per heavy atom. The zero-order valence-electron chi connectivity index (χ0n) is 10.4. The topological polar surface area (TPSA) is 66.1 Å². The van der Waals surface area contributed by atoms with Crippen LogP contribution in [-0.4, -0.2) is 16.7 Å². The summed E-state index contributed by atoms with van der Waals surface area (Å²) in [7, 11) is 0. The molecule has 4 heteroatoms. The molecule has 0 aliphatic heterocycles. The molecule has 4 nitrogen and oxygen atoms in total. The van der Waals surface area contributed by atoms with Crippen LogP contribution in [0.1, 0.15) is 43.9 Å². The largest absolute Gasteiger partial charge is 0.477 e. The van der Waals surface area contributed by atoms with E-state index in [1.807, 2.05) is 6.07 Å². The molecule has 96 valence electrons. The minimum absolute atomic E-state index is 0.0546. The van der Waals surface area contributed by atoms with Gasteiger partial charge in [-0.1, -0.05) is 18.9 Å². The number of aliphatic hydroxyl groups excluding tert-OH is 1. The molecule has 18 heavy (non-hydrogen) atoms. The predicted molar refractivity (Wildman–Crippen MR) is 66.9 cm³/mol. The van der Waals surface area contributed by atoms with E-state index in [0.717, 1.165) is 0 Å². The van der Waals surface area contributed by atoms with Crippen LogP contribution < -0.4 is 4.74 Å². The number of hydrogen-bond donors (Lipinski definition) is 1. The quantitative estimate of drug-likeness (QED) is 0.867. The number of nitrogens with zero attached hydrogens (tertiary/aromatic N) is 2. The fraction of sp³-hybridized carbons (Fsp3) is 0.571. The molecule has 0 bridgehead atoms. The van der Waals surface area contributed by atoms with Gasteiger partial charge in [0.1, 0.15) is 6.10 Å². The van der Waals surface area contributed by atoms with E-state index >= 15 is 0 Å². The summed E-state index contributed by atoms with van der Waals surface area (Å²) in [6, 6.07) is 7.23. The first-order chi connectivity index (χ1) is 8.79. The van der Waals surface area contributed by atoms with E-state index in [9.17, 15) is 5.11 Å². The Morgan fingerprint density at radius 1 is 1.44 bits per heavy atom.